The fraction of sp³-hybridized carbons (Fsp3) is 0.311. The number of benzene rings is 5. The Morgan fingerprint density at radius 3 is 2.17 bits per heavy atom. The van der Waals surface area contributed by atoms with Gasteiger partial charge in [-0.2, -0.15) is 0 Å². The predicted molar refractivity (Wildman–Crippen MR) is 209 cm³/mol. The van der Waals surface area contributed by atoms with E-state index in [2.05, 4.69) is 77.1 Å². The quantitative estimate of drug-likeness (QED) is 0.121. The number of ether oxygens (including phenoxy) is 4. The highest BCUT2D eigenvalue weighted by Gasteiger charge is 2.39. The standard InChI is InChI=1S/C45H49N3O6/c1-30-42(28-48-22-21-36-23-40(51-2)41(52-3)24-38(36)27-48)53-44(54-43(30)34-15-13-32(29-49)14-16-34)35-19-17-33(18-20-35)39-12-8-7-11-37(39)26-47-45(50)46-25-31-9-5-4-6-10-31/h4-20,23-24,30,42-44,49H,21-22,25-29H2,1-3H3,(H2,46,47,50)/t30-,42+,43+,44+/m0/s1. The van der Waals surface area contributed by atoms with Crippen molar-refractivity contribution in [3.8, 4) is 22.6 Å². The lowest BCUT2D eigenvalue weighted by molar-refractivity contribution is -0.276. The number of aliphatic hydroxyl groups excluding tert-OH is 1. The highest BCUT2D eigenvalue weighted by Crippen LogP contribution is 2.43. The fourth-order valence-corrected chi connectivity index (χ4v) is 7.47. The zero-order valence-corrected chi connectivity index (χ0v) is 31.2. The van der Waals surface area contributed by atoms with E-state index in [0.29, 0.717) is 13.1 Å². The number of carbonyl (C=O) groups excluding carboxylic acids is 1. The maximum atomic E-state index is 12.6. The molecular weight excluding hydrogens is 679 g/mol. The summed E-state index contributed by atoms with van der Waals surface area (Å²) in [5.41, 5.74) is 9.54. The van der Waals surface area contributed by atoms with Crippen molar-refractivity contribution >= 4 is 6.03 Å². The Hall–Kier alpha value is -5.19. The molecule has 9 heteroatoms. The summed E-state index contributed by atoms with van der Waals surface area (Å²) in [7, 11) is 3.35. The van der Waals surface area contributed by atoms with Crippen molar-refractivity contribution in [3.63, 3.8) is 0 Å². The molecule has 0 aliphatic carbocycles. The maximum Gasteiger partial charge on any atom is 0.315 e. The molecule has 0 bridgehead atoms. The van der Waals surface area contributed by atoms with E-state index in [4.69, 9.17) is 18.9 Å². The Kier molecular flexibility index (Phi) is 11.9. The van der Waals surface area contributed by atoms with Gasteiger partial charge in [-0.3, -0.25) is 4.90 Å². The number of hydrogen-bond donors (Lipinski definition) is 3. The number of methoxy groups -OCH3 is 2. The van der Waals surface area contributed by atoms with Crippen LogP contribution in [0.4, 0.5) is 4.79 Å². The molecule has 2 amide bonds. The summed E-state index contributed by atoms with van der Waals surface area (Å²) in [6.07, 6.45) is 0.0314. The Morgan fingerprint density at radius 1 is 0.778 bits per heavy atom. The second-order valence-electron chi connectivity index (χ2n) is 14.1. The van der Waals surface area contributed by atoms with Crippen LogP contribution in [-0.4, -0.2) is 49.5 Å². The number of urea groups is 1. The van der Waals surface area contributed by atoms with Gasteiger partial charge >= 0.3 is 6.03 Å². The Morgan fingerprint density at radius 2 is 1.44 bits per heavy atom. The highest BCUT2D eigenvalue weighted by atomic mass is 16.7. The molecule has 5 aromatic rings. The molecule has 280 valence electrons. The molecule has 1 fully saturated rings. The lowest BCUT2D eigenvalue weighted by atomic mass is 9.89. The summed E-state index contributed by atoms with van der Waals surface area (Å²) < 4.78 is 24.8. The first-order chi connectivity index (χ1) is 26.4. The molecule has 0 spiro atoms. The lowest BCUT2D eigenvalue weighted by Crippen LogP contribution is -2.45. The van der Waals surface area contributed by atoms with E-state index >= 15 is 0 Å². The number of carbonyl (C=O) groups is 1. The van der Waals surface area contributed by atoms with Gasteiger partial charge in [0.05, 0.1) is 33.0 Å². The van der Waals surface area contributed by atoms with E-state index in [-0.39, 0.29) is 30.8 Å². The summed E-state index contributed by atoms with van der Waals surface area (Å²) in [5, 5.41) is 15.6. The van der Waals surface area contributed by atoms with Crippen molar-refractivity contribution in [3.05, 3.63) is 154 Å². The summed E-state index contributed by atoms with van der Waals surface area (Å²) >= 11 is 0. The van der Waals surface area contributed by atoms with Gasteiger partial charge in [-0.1, -0.05) is 110 Å². The molecule has 0 radical (unpaired) electrons. The van der Waals surface area contributed by atoms with E-state index in [1.807, 2.05) is 60.7 Å². The number of hydrogen-bond acceptors (Lipinski definition) is 7. The molecule has 54 heavy (non-hydrogen) atoms. The number of amides is 2. The van der Waals surface area contributed by atoms with Gasteiger partial charge in [0.15, 0.2) is 17.8 Å². The average Bonchev–Trinajstić information content (AvgIpc) is 3.23. The average molecular weight is 728 g/mol. The van der Waals surface area contributed by atoms with Crippen LogP contribution in [0.1, 0.15) is 58.3 Å². The van der Waals surface area contributed by atoms with E-state index in [9.17, 15) is 9.90 Å². The number of aliphatic hydroxyl groups is 1. The van der Waals surface area contributed by atoms with Gasteiger partial charge in [-0.25, -0.2) is 4.79 Å². The first-order valence-electron chi connectivity index (χ1n) is 18.6. The topological polar surface area (TPSA) is 102 Å². The van der Waals surface area contributed by atoms with Crippen LogP contribution in [0.3, 0.4) is 0 Å². The maximum absolute atomic E-state index is 12.6. The van der Waals surface area contributed by atoms with Crippen LogP contribution >= 0.6 is 0 Å². The molecule has 0 unspecified atom stereocenters. The van der Waals surface area contributed by atoms with Crippen LogP contribution in [-0.2, 0) is 42.1 Å². The molecule has 0 aromatic heterocycles. The number of fused-ring (bicyclic) bond motifs is 1. The Balaban J connectivity index is 1.07. The summed E-state index contributed by atoms with van der Waals surface area (Å²) in [4.78, 5) is 15.1. The Labute approximate surface area is 317 Å². The second kappa shape index (κ2) is 17.3. The molecular formula is C45H49N3O6. The summed E-state index contributed by atoms with van der Waals surface area (Å²) in [6.45, 7) is 5.51. The van der Waals surface area contributed by atoms with Crippen LogP contribution in [0, 0.1) is 5.92 Å². The molecule has 1 saturated heterocycles. The molecule has 0 saturated carbocycles. The van der Waals surface area contributed by atoms with Gasteiger partial charge in [0, 0.05) is 44.2 Å². The van der Waals surface area contributed by atoms with Crippen LogP contribution in [0.15, 0.2) is 115 Å². The van der Waals surface area contributed by atoms with Gasteiger partial charge < -0.3 is 34.7 Å². The monoisotopic (exact) mass is 727 g/mol. The van der Waals surface area contributed by atoms with Crippen LogP contribution in [0.5, 0.6) is 11.5 Å². The highest BCUT2D eigenvalue weighted by molar-refractivity contribution is 5.75. The third-order valence-corrected chi connectivity index (χ3v) is 10.6. The van der Waals surface area contributed by atoms with E-state index < -0.39 is 6.29 Å². The van der Waals surface area contributed by atoms with E-state index in [0.717, 1.165) is 76.5 Å². The third kappa shape index (κ3) is 8.61. The van der Waals surface area contributed by atoms with Crippen LogP contribution < -0.4 is 20.1 Å². The van der Waals surface area contributed by atoms with Crippen molar-refractivity contribution < 1.29 is 28.8 Å². The lowest BCUT2D eigenvalue weighted by Gasteiger charge is -2.43. The van der Waals surface area contributed by atoms with Crippen molar-refractivity contribution in [1.29, 1.82) is 0 Å². The molecule has 2 heterocycles. The number of nitrogens with one attached hydrogen (secondary N) is 2. The zero-order chi connectivity index (χ0) is 37.4. The number of nitrogens with zero attached hydrogens (tertiary/aromatic N) is 1. The SMILES string of the molecule is COc1cc2c(cc1OC)CN(C[C@H]1O[C@@H](c3ccc(-c4ccccc4CNC(=O)NCc4ccccc4)cc3)O[C@@H](c3ccc(CO)cc3)[C@H]1C)CC2. The van der Waals surface area contributed by atoms with Gasteiger partial charge in [-0.15, -0.1) is 0 Å². The van der Waals surface area contributed by atoms with E-state index in [1.54, 1.807) is 14.2 Å². The third-order valence-electron chi connectivity index (χ3n) is 10.6. The predicted octanol–water partition coefficient (Wildman–Crippen LogP) is 7.71. The molecule has 7 rings (SSSR count). The minimum absolute atomic E-state index is 0.00416. The summed E-state index contributed by atoms with van der Waals surface area (Å²) in [5.74, 6) is 1.57. The van der Waals surface area contributed by atoms with Crippen LogP contribution in [0.25, 0.3) is 11.1 Å². The van der Waals surface area contributed by atoms with Crippen molar-refractivity contribution in [1.82, 2.24) is 15.5 Å². The molecule has 2 aliphatic rings. The van der Waals surface area contributed by atoms with Crippen molar-refractivity contribution in [2.75, 3.05) is 27.3 Å². The minimum atomic E-state index is -0.575. The van der Waals surface area contributed by atoms with Crippen molar-refractivity contribution in [2.24, 2.45) is 5.92 Å². The minimum Gasteiger partial charge on any atom is -0.493 e. The fourth-order valence-electron chi connectivity index (χ4n) is 7.47. The first-order valence-corrected chi connectivity index (χ1v) is 18.6. The zero-order valence-electron chi connectivity index (χ0n) is 31.2. The Bertz CT molecular complexity index is 2000. The van der Waals surface area contributed by atoms with E-state index in [1.165, 1.54) is 11.1 Å². The summed E-state index contributed by atoms with van der Waals surface area (Å²) in [6, 6.07) is 38.3. The smallest absolute Gasteiger partial charge is 0.315 e. The normalized spacial score (nSPS) is 19.8. The largest absolute Gasteiger partial charge is 0.493 e. The van der Waals surface area contributed by atoms with Gasteiger partial charge in [0.2, 0.25) is 0 Å². The molecule has 5 aromatic carbocycles. The molecule has 2 aliphatic heterocycles. The van der Waals surface area contributed by atoms with Crippen molar-refractivity contribution in [2.45, 2.75) is 58.1 Å². The molecule has 4 atom stereocenters. The second-order valence-corrected chi connectivity index (χ2v) is 14.1. The molecule has 3 N–H and O–H groups in total. The van der Waals surface area contributed by atoms with Gasteiger partial charge in [0.1, 0.15) is 0 Å². The number of rotatable bonds is 12. The van der Waals surface area contributed by atoms with Gasteiger partial charge in [0.25, 0.3) is 0 Å². The first kappa shape index (κ1) is 37.1. The van der Waals surface area contributed by atoms with Gasteiger partial charge in [-0.05, 0) is 63.1 Å². The van der Waals surface area contributed by atoms with Crippen LogP contribution in [0.2, 0.25) is 0 Å². The molecule has 9 nitrogen and oxygen atoms in total.